The molecule has 1 aliphatic heterocycles. The molecule has 3 aromatic heterocycles. The molecule has 0 aliphatic carbocycles. The fourth-order valence-electron chi connectivity index (χ4n) is 3.68. The Morgan fingerprint density at radius 3 is 2.70 bits per heavy atom. The lowest BCUT2D eigenvalue weighted by Crippen LogP contribution is -2.33. The maximum absolute atomic E-state index is 5.71. The van der Waals surface area contributed by atoms with Crippen LogP contribution in [0.25, 0.3) is 5.69 Å². The Hall–Kier alpha value is -2.73. The smallest absolute Gasteiger partial charge is 0.170 e. The van der Waals surface area contributed by atoms with E-state index < -0.39 is 0 Å². The van der Waals surface area contributed by atoms with Gasteiger partial charge in [-0.3, -0.25) is 9.97 Å². The quantitative estimate of drug-likeness (QED) is 0.684. The molecule has 2 unspecified atom stereocenters. The van der Waals surface area contributed by atoms with E-state index in [0.29, 0.717) is 5.92 Å². The molecular formula is C21H23N5S. The summed E-state index contributed by atoms with van der Waals surface area (Å²) in [5.74, 6) is 0.497. The zero-order chi connectivity index (χ0) is 18.8. The summed E-state index contributed by atoms with van der Waals surface area (Å²) < 4.78 is 2.19. The molecule has 0 bridgehead atoms. The second kappa shape index (κ2) is 7.48. The van der Waals surface area contributed by atoms with Gasteiger partial charge >= 0.3 is 0 Å². The van der Waals surface area contributed by atoms with Crippen LogP contribution >= 0.6 is 12.2 Å². The van der Waals surface area contributed by atoms with Crippen LogP contribution in [0.5, 0.6) is 0 Å². The first-order chi connectivity index (χ1) is 13.1. The molecule has 1 saturated heterocycles. The maximum Gasteiger partial charge on any atom is 0.170 e. The zero-order valence-electron chi connectivity index (χ0n) is 15.5. The van der Waals surface area contributed by atoms with Crippen molar-refractivity contribution in [1.82, 2.24) is 24.8 Å². The topological polar surface area (TPSA) is 46.0 Å². The van der Waals surface area contributed by atoms with Gasteiger partial charge in [0.15, 0.2) is 5.11 Å². The zero-order valence-corrected chi connectivity index (χ0v) is 16.3. The van der Waals surface area contributed by atoms with Crippen molar-refractivity contribution in [3.63, 3.8) is 0 Å². The predicted molar refractivity (Wildman–Crippen MR) is 111 cm³/mol. The van der Waals surface area contributed by atoms with E-state index in [1.165, 1.54) is 5.69 Å². The molecule has 0 radical (unpaired) electrons. The number of nitrogens with one attached hydrogen (secondary N) is 1. The highest BCUT2D eigenvalue weighted by Crippen LogP contribution is 2.39. The summed E-state index contributed by atoms with van der Waals surface area (Å²) in [5.41, 5.74) is 3.21. The van der Waals surface area contributed by atoms with Crippen LogP contribution in [-0.4, -0.2) is 31.1 Å². The molecule has 138 valence electrons. The number of thiocarbonyl (C=S) groups is 1. The van der Waals surface area contributed by atoms with Crippen molar-refractivity contribution in [2.45, 2.75) is 25.9 Å². The minimum Gasteiger partial charge on any atom is -0.352 e. The van der Waals surface area contributed by atoms with Gasteiger partial charge in [0.2, 0.25) is 0 Å². The standard InChI is InChI=1S/C21H23N5S/c1-15(2)14-26-20(19(24-21(26)27)17-8-3-4-11-23-17)18-9-6-12-25(18)16-7-5-10-22-13-16/h3-13,15,19-20H,14H2,1-2H3,(H,24,27). The monoisotopic (exact) mass is 377 g/mol. The van der Waals surface area contributed by atoms with Crippen molar-refractivity contribution in [3.05, 3.63) is 78.6 Å². The summed E-state index contributed by atoms with van der Waals surface area (Å²) in [7, 11) is 0. The molecule has 6 heteroatoms. The average molecular weight is 378 g/mol. The first kappa shape index (κ1) is 17.7. The van der Waals surface area contributed by atoms with Crippen molar-refractivity contribution >= 4 is 17.3 Å². The lowest BCUT2D eigenvalue weighted by atomic mass is 10.0. The molecule has 5 nitrogen and oxygen atoms in total. The highest BCUT2D eigenvalue weighted by molar-refractivity contribution is 7.80. The Morgan fingerprint density at radius 2 is 2.00 bits per heavy atom. The number of nitrogens with zero attached hydrogens (tertiary/aromatic N) is 4. The molecule has 0 saturated carbocycles. The largest absolute Gasteiger partial charge is 0.352 e. The molecule has 2 atom stereocenters. The highest BCUT2D eigenvalue weighted by Gasteiger charge is 2.41. The normalized spacial score (nSPS) is 19.5. The van der Waals surface area contributed by atoms with Crippen LogP contribution in [0.4, 0.5) is 0 Å². The predicted octanol–water partition coefficient (Wildman–Crippen LogP) is 3.90. The van der Waals surface area contributed by atoms with E-state index in [2.05, 4.69) is 69.1 Å². The number of hydrogen-bond donors (Lipinski definition) is 1. The lowest BCUT2D eigenvalue weighted by molar-refractivity contribution is 0.280. The van der Waals surface area contributed by atoms with Gasteiger partial charge in [0.1, 0.15) is 0 Å². The average Bonchev–Trinajstić information content (AvgIpc) is 3.28. The first-order valence-corrected chi connectivity index (χ1v) is 9.61. The van der Waals surface area contributed by atoms with E-state index in [9.17, 15) is 0 Å². The van der Waals surface area contributed by atoms with Crippen molar-refractivity contribution in [2.75, 3.05) is 6.54 Å². The number of aromatic nitrogens is 3. The van der Waals surface area contributed by atoms with Crippen LogP contribution in [0.1, 0.15) is 37.3 Å². The summed E-state index contributed by atoms with van der Waals surface area (Å²) in [5, 5.41) is 4.29. The third-order valence-corrected chi connectivity index (χ3v) is 5.12. The maximum atomic E-state index is 5.71. The summed E-state index contributed by atoms with van der Waals surface area (Å²) in [6, 6.07) is 14.4. The van der Waals surface area contributed by atoms with Gasteiger partial charge in [-0.05, 0) is 54.5 Å². The summed E-state index contributed by atoms with van der Waals surface area (Å²) >= 11 is 5.71. The van der Waals surface area contributed by atoms with Crippen molar-refractivity contribution in [2.24, 2.45) is 5.92 Å². The third-order valence-electron chi connectivity index (χ3n) is 4.77. The fraction of sp³-hybridized carbons (Fsp3) is 0.286. The Morgan fingerprint density at radius 1 is 1.11 bits per heavy atom. The fourth-order valence-corrected chi connectivity index (χ4v) is 4.00. The van der Waals surface area contributed by atoms with E-state index >= 15 is 0 Å². The minimum absolute atomic E-state index is 0.00257. The van der Waals surface area contributed by atoms with Crippen molar-refractivity contribution in [3.8, 4) is 5.69 Å². The summed E-state index contributed by atoms with van der Waals surface area (Å²) in [6.45, 7) is 5.32. The molecule has 3 aromatic rings. The molecule has 1 aliphatic rings. The second-order valence-corrected chi connectivity index (χ2v) is 7.57. The number of pyridine rings is 2. The Kier molecular flexibility index (Phi) is 4.90. The molecule has 0 spiro atoms. The summed E-state index contributed by atoms with van der Waals surface area (Å²) in [6.07, 6.45) is 7.59. The van der Waals surface area contributed by atoms with Crippen LogP contribution < -0.4 is 5.32 Å². The minimum atomic E-state index is 0.00257. The van der Waals surface area contributed by atoms with E-state index in [0.717, 1.165) is 23.0 Å². The van der Waals surface area contributed by atoms with Gasteiger partial charge in [-0.25, -0.2) is 0 Å². The first-order valence-electron chi connectivity index (χ1n) is 9.21. The SMILES string of the molecule is CC(C)CN1C(=S)NC(c2ccccn2)C1c1cccn1-c1cccnc1. The number of hydrogen-bond acceptors (Lipinski definition) is 3. The van der Waals surface area contributed by atoms with Gasteiger partial charge < -0.3 is 14.8 Å². The van der Waals surface area contributed by atoms with Crippen LogP contribution in [0, 0.1) is 5.92 Å². The van der Waals surface area contributed by atoms with E-state index in [1.807, 2.05) is 30.6 Å². The number of rotatable bonds is 5. The van der Waals surface area contributed by atoms with E-state index in [1.54, 1.807) is 6.20 Å². The molecule has 27 heavy (non-hydrogen) atoms. The van der Waals surface area contributed by atoms with Crippen LogP contribution in [0.15, 0.2) is 67.3 Å². The third kappa shape index (κ3) is 3.45. The van der Waals surface area contributed by atoms with Crippen LogP contribution in [0.2, 0.25) is 0 Å². The highest BCUT2D eigenvalue weighted by atomic mass is 32.1. The van der Waals surface area contributed by atoms with Gasteiger partial charge in [0.25, 0.3) is 0 Å². The van der Waals surface area contributed by atoms with Crippen molar-refractivity contribution < 1.29 is 0 Å². The van der Waals surface area contributed by atoms with Gasteiger partial charge in [-0.2, -0.15) is 0 Å². The van der Waals surface area contributed by atoms with E-state index in [-0.39, 0.29) is 12.1 Å². The molecule has 0 aromatic carbocycles. The Balaban J connectivity index is 1.81. The van der Waals surface area contributed by atoms with E-state index in [4.69, 9.17) is 12.2 Å². The molecule has 1 fully saturated rings. The molecular weight excluding hydrogens is 354 g/mol. The van der Waals surface area contributed by atoms with Gasteiger partial charge in [0, 0.05) is 30.8 Å². The van der Waals surface area contributed by atoms with Gasteiger partial charge in [0.05, 0.1) is 29.7 Å². The lowest BCUT2D eigenvalue weighted by Gasteiger charge is -2.30. The van der Waals surface area contributed by atoms with Crippen molar-refractivity contribution in [1.29, 1.82) is 0 Å². The summed E-state index contributed by atoms with van der Waals surface area (Å²) in [4.78, 5) is 11.2. The Labute approximate surface area is 165 Å². The van der Waals surface area contributed by atoms with Gasteiger partial charge in [-0.15, -0.1) is 0 Å². The molecule has 4 rings (SSSR count). The second-order valence-electron chi connectivity index (χ2n) is 7.19. The molecule has 1 N–H and O–H groups in total. The van der Waals surface area contributed by atoms with Crippen LogP contribution in [0.3, 0.4) is 0 Å². The molecule has 4 heterocycles. The molecule has 0 amide bonds. The Bertz CT molecular complexity index is 907. The van der Waals surface area contributed by atoms with Gasteiger partial charge in [-0.1, -0.05) is 19.9 Å². The van der Waals surface area contributed by atoms with Crippen LogP contribution in [-0.2, 0) is 0 Å².